The lowest BCUT2D eigenvalue weighted by molar-refractivity contribution is 0.420. The zero-order valence-corrected chi connectivity index (χ0v) is 12.7. The Hall–Kier alpha value is -1.41. The van der Waals surface area contributed by atoms with Crippen LogP contribution in [0.4, 0.5) is 0 Å². The molecule has 1 aromatic carbocycles. The first-order chi connectivity index (χ1) is 9.69. The molecule has 3 heteroatoms. The largest absolute Gasteiger partial charge is 0.233 e. The van der Waals surface area contributed by atoms with Crippen LogP contribution in [-0.2, 0) is 6.42 Å². The van der Waals surface area contributed by atoms with E-state index in [1.165, 1.54) is 24.8 Å². The standard InChI is InChI=1S/C17H19ClN2/c1-3-15-19-16(11(2)17(18)20-15)14-9-5-8-13(10-14)12-6-4-7-12/h5,8-10,12H,3-4,6-7H2,1-2H3. The summed E-state index contributed by atoms with van der Waals surface area (Å²) in [4.78, 5) is 8.99. The van der Waals surface area contributed by atoms with Crippen LogP contribution in [0.1, 0.15) is 49.1 Å². The highest BCUT2D eigenvalue weighted by Gasteiger charge is 2.20. The van der Waals surface area contributed by atoms with Gasteiger partial charge < -0.3 is 0 Å². The third kappa shape index (κ3) is 2.45. The van der Waals surface area contributed by atoms with Crippen molar-refractivity contribution in [1.29, 1.82) is 0 Å². The number of hydrogen-bond acceptors (Lipinski definition) is 2. The number of aryl methyl sites for hydroxylation is 1. The summed E-state index contributed by atoms with van der Waals surface area (Å²) in [5.74, 6) is 1.54. The lowest BCUT2D eigenvalue weighted by atomic mass is 9.79. The summed E-state index contributed by atoms with van der Waals surface area (Å²) in [5, 5.41) is 0.570. The van der Waals surface area contributed by atoms with Crippen LogP contribution in [0.3, 0.4) is 0 Å². The smallest absolute Gasteiger partial charge is 0.136 e. The Balaban J connectivity index is 2.05. The number of hydrogen-bond donors (Lipinski definition) is 0. The fraction of sp³-hybridized carbons (Fsp3) is 0.412. The van der Waals surface area contributed by atoms with Gasteiger partial charge in [0.05, 0.1) is 5.69 Å². The van der Waals surface area contributed by atoms with E-state index in [4.69, 9.17) is 11.6 Å². The van der Waals surface area contributed by atoms with Crippen molar-refractivity contribution in [2.45, 2.75) is 45.4 Å². The molecule has 0 atom stereocenters. The van der Waals surface area contributed by atoms with Crippen LogP contribution in [-0.4, -0.2) is 9.97 Å². The number of benzene rings is 1. The van der Waals surface area contributed by atoms with Gasteiger partial charge in [-0.25, -0.2) is 9.97 Å². The lowest BCUT2D eigenvalue weighted by Gasteiger charge is -2.26. The van der Waals surface area contributed by atoms with Gasteiger partial charge in [-0.05, 0) is 37.3 Å². The van der Waals surface area contributed by atoms with E-state index in [-0.39, 0.29) is 0 Å². The minimum Gasteiger partial charge on any atom is -0.233 e. The van der Waals surface area contributed by atoms with Crippen molar-refractivity contribution in [1.82, 2.24) is 9.97 Å². The monoisotopic (exact) mass is 286 g/mol. The molecule has 1 heterocycles. The summed E-state index contributed by atoms with van der Waals surface area (Å²) in [6.45, 7) is 4.04. The van der Waals surface area contributed by atoms with Crippen LogP contribution in [0.25, 0.3) is 11.3 Å². The zero-order chi connectivity index (χ0) is 14.1. The van der Waals surface area contributed by atoms with Crippen molar-refractivity contribution in [3.8, 4) is 11.3 Å². The summed E-state index contributed by atoms with van der Waals surface area (Å²) in [6.07, 6.45) is 4.78. The fourth-order valence-electron chi connectivity index (χ4n) is 2.65. The van der Waals surface area contributed by atoms with Gasteiger partial charge in [-0.1, -0.05) is 43.1 Å². The topological polar surface area (TPSA) is 25.8 Å². The van der Waals surface area contributed by atoms with Crippen molar-refractivity contribution in [3.63, 3.8) is 0 Å². The molecular formula is C17H19ClN2. The highest BCUT2D eigenvalue weighted by atomic mass is 35.5. The summed E-state index contributed by atoms with van der Waals surface area (Å²) in [5.41, 5.74) is 4.53. The maximum absolute atomic E-state index is 6.24. The molecule has 1 aliphatic rings. The van der Waals surface area contributed by atoms with E-state index >= 15 is 0 Å². The second-order valence-electron chi connectivity index (χ2n) is 5.51. The Morgan fingerprint density at radius 1 is 1.25 bits per heavy atom. The van der Waals surface area contributed by atoms with Crippen molar-refractivity contribution in [2.75, 3.05) is 0 Å². The van der Waals surface area contributed by atoms with Gasteiger partial charge in [0, 0.05) is 17.5 Å². The molecule has 0 amide bonds. The Morgan fingerprint density at radius 3 is 2.70 bits per heavy atom. The molecule has 0 spiro atoms. The van der Waals surface area contributed by atoms with Gasteiger partial charge in [0.2, 0.25) is 0 Å². The van der Waals surface area contributed by atoms with Gasteiger partial charge in [-0.2, -0.15) is 0 Å². The Morgan fingerprint density at radius 2 is 2.05 bits per heavy atom. The van der Waals surface area contributed by atoms with E-state index in [0.29, 0.717) is 5.15 Å². The van der Waals surface area contributed by atoms with E-state index in [0.717, 1.165) is 35.0 Å². The molecule has 1 saturated carbocycles. The summed E-state index contributed by atoms with van der Waals surface area (Å²) in [6, 6.07) is 8.75. The van der Waals surface area contributed by atoms with Crippen LogP contribution in [0.5, 0.6) is 0 Å². The van der Waals surface area contributed by atoms with E-state index in [1.54, 1.807) is 0 Å². The molecule has 104 valence electrons. The molecule has 3 rings (SSSR count). The van der Waals surface area contributed by atoms with Crippen molar-refractivity contribution in [2.24, 2.45) is 0 Å². The minimum atomic E-state index is 0.570. The van der Waals surface area contributed by atoms with Gasteiger partial charge in [0.25, 0.3) is 0 Å². The van der Waals surface area contributed by atoms with Crippen LogP contribution >= 0.6 is 11.6 Å². The number of nitrogens with zero attached hydrogens (tertiary/aromatic N) is 2. The van der Waals surface area contributed by atoms with E-state index in [9.17, 15) is 0 Å². The molecule has 20 heavy (non-hydrogen) atoms. The average Bonchev–Trinajstić information content (AvgIpc) is 2.40. The molecule has 0 N–H and O–H groups in total. The van der Waals surface area contributed by atoms with Gasteiger partial charge in [0.1, 0.15) is 11.0 Å². The third-order valence-electron chi connectivity index (χ3n) is 4.19. The summed E-state index contributed by atoms with van der Waals surface area (Å²) in [7, 11) is 0. The first-order valence-electron chi connectivity index (χ1n) is 7.32. The summed E-state index contributed by atoms with van der Waals surface area (Å²) >= 11 is 6.24. The third-order valence-corrected chi connectivity index (χ3v) is 4.55. The molecule has 0 aliphatic heterocycles. The molecule has 1 aliphatic carbocycles. The van der Waals surface area contributed by atoms with Gasteiger partial charge in [-0.15, -0.1) is 0 Å². The highest BCUT2D eigenvalue weighted by molar-refractivity contribution is 6.30. The molecule has 0 saturated heterocycles. The molecule has 0 unspecified atom stereocenters. The van der Waals surface area contributed by atoms with Crippen molar-refractivity contribution in [3.05, 3.63) is 46.4 Å². The maximum atomic E-state index is 6.24. The number of aromatic nitrogens is 2. The van der Waals surface area contributed by atoms with Crippen molar-refractivity contribution < 1.29 is 0 Å². The maximum Gasteiger partial charge on any atom is 0.136 e. The first kappa shape index (κ1) is 13.6. The predicted molar refractivity (Wildman–Crippen MR) is 83.2 cm³/mol. The highest BCUT2D eigenvalue weighted by Crippen LogP contribution is 2.38. The quantitative estimate of drug-likeness (QED) is 0.747. The second kappa shape index (κ2) is 5.53. The van der Waals surface area contributed by atoms with Crippen LogP contribution in [0.2, 0.25) is 5.15 Å². The first-order valence-corrected chi connectivity index (χ1v) is 7.70. The van der Waals surface area contributed by atoms with E-state index in [2.05, 4.69) is 41.2 Å². The lowest BCUT2D eigenvalue weighted by Crippen LogP contribution is -2.08. The predicted octanol–water partition coefficient (Wildman–Crippen LogP) is 4.94. The average molecular weight is 287 g/mol. The Bertz CT molecular complexity index is 633. The van der Waals surface area contributed by atoms with E-state index < -0.39 is 0 Å². The zero-order valence-electron chi connectivity index (χ0n) is 12.0. The van der Waals surface area contributed by atoms with Crippen LogP contribution < -0.4 is 0 Å². The molecule has 1 aromatic heterocycles. The summed E-state index contributed by atoms with van der Waals surface area (Å²) < 4.78 is 0. The molecule has 1 fully saturated rings. The van der Waals surface area contributed by atoms with E-state index in [1.807, 2.05) is 6.92 Å². The molecule has 2 aromatic rings. The van der Waals surface area contributed by atoms with Crippen LogP contribution in [0, 0.1) is 6.92 Å². The minimum absolute atomic E-state index is 0.570. The van der Waals surface area contributed by atoms with Gasteiger partial charge in [0.15, 0.2) is 0 Å². The van der Waals surface area contributed by atoms with Gasteiger partial charge in [-0.3, -0.25) is 0 Å². The fourth-order valence-corrected chi connectivity index (χ4v) is 2.84. The molecule has 0 bridgehead atoms. The number of halogens is 1. The Kier molecular flexibility index (Phi) is 3.75. The Labute approximate surface area is 125 Å². The van der Waals surface area contributed by atoms with Gasteiger partial charge >= 0.3 is 0 Å². The molecule has 2 nitrogen and oxygen atoms in total. The molecular weight excluding hydrogens is 268 g/mol. The van der Waals surface area contributed by atoms with Crippen molar-refractivity contribution >= 4 is 11.6 Å². The second-order valence-corrected chi connectivity index (χ2v) is 5.87. The number of rotatable bonds is 3. The SMILES string of the molecule is CCc1nc(Cl)c(C)c(-c2cccc(C3CCC3)c2)n1. The van der Waals surface area contributed by atoms with Crippen LogP contribution in [0.15, 0.2) is 24.3 Å². The normalized spacial score (nSPS) is 15.2. The molecule has 0 radical (unpaired) electrons.